The van der Waals surface area contributed by atoms with E-state index in [0.717, 1.165) is 16.8 Å². The van der Waals surface area contributed by atoms with Gasteiger partial charge < -0.3 is 15.8 Å². The van der Waals surface area contributed by atoms with Gasteiger partial charge in [0.25, 0.3) is 11.8 Å². The molecular formula is C17H18N2O3. The van der Waals surface area contributed by atoms with Crippen LogP contribution in [0.1, 0.15) is 21.5 Å². The van der Waals surface area contributed by atoms with Crippen molar-refractivity contribution in [2.75, 3.05) is 11.9 Å². The van der Waals surface area contributed by atoms with E-state index < -0.39 is 5.91 Å². The Kier molecular flexibility index (Phi) is 4.78. The number of carbonyl (C=O) groups is 2. The Labute approximate surface area is 129 Å². The van der Waals surface area contributed by atoms with E-state index in [1.54, 1.807) is 24.3 Å². The van der Waals surface area contributed by atoms with Gasteiger partial charge in [-0.05, 0) is 43.2 Å². The number of carbonyl (C=O) groups excluding carboxylic acids is 2. The summed E-state index contributed by atoms with van der Waals surface area (Å²) in [5.74, 6) is -0.567. The molecule has 22 heavy (non-hydrogen) atoms. The van der Waals surface area contributed by atoms with Crippen molar-refractivity contribution in [3.8, 4) is 5.75 Å². The Morgan fingerprint density at radius 1 is 1.14 bits per heavy atom. The summed E-state index contributed by atoms with van der Waals surface area (Å²) < 4.78 is 5.28. The van der Waals surface area contributed by atoms with Crippen LogP contribution in [-0.4, -0.2) is 18.4 Å². The number of nitrogens with one attached hydrogen (secondary N) is 1. The average Bonchev–Trinajstić information content (AvgIpc) is 2.49. The van der Waals surface area contributed by atoms with E-state index in [4.69, 9.17) is 10.5 Å². The molecule has 0 fully saturated rings. The largest absolute Gasteiger partial charge is 0.483 e. The van der Waals surface area contributed by atoms with Crippen molar-refractivity contribution >= 4 is 17.5 Å². The van der Waals surface area contributed by atoms with Gasteiger partial charge in [-0.1, -0.05) is 24.3 Å². The number of benzene rings is 2. The van der Waals surface area contributed by atoms with Crippen molar-refractivity contribution in [3.63, 3.8) is 0 Å². The molecule has 2 rings (SSSR count). The maximum absolute atomic E-state index is 12.4. The van der Waals surface area contributed by atoms with Crippen LogP contribution in [0.4, 0.5) is 5.69 Å². The third-order valence-corrected chi connectivity index (χ3v) is 3.14. The first-order chi connectivity index (χ1) is 10.5. The van der Waals surface area contributed by atoms with Crippen molar-refractivity contribution in [1.82, 2.24) is 0 Å². The smallest absolute Gasteiger partial charge is 0.259 e. The Bertz CT molecular complexity index is 711. The lowest BCUT2D eigenvalue weighted by Gasteiger charge is -2.12. The number of aryl methyl sites for hydroxylation is 2. The van der Waals surface area contributed by atoms with Gasteiger partial charge in [0.1, 0.15) is 5.75 Å². The zero-order valence-corrected chi connectivity index (χ0v) is 12.6. The van der Waals surface area contributed by atoms with Crippen LogP contribution in [0.15, 0.2) is 42.5 Å². The third-order valence-electron chi connectivity index (χ3n) is 3.14. The molecule has 0 heterocycles. The number of hydrogen-bond acceptors (Lipinski definition) is 3. The van der Waals surface area contributed by atoms with Crippen molar-refractivity contribution in [3.05, 3.63) is 59.2 Å². The van der Waals surface area contributed by atoms with Gasteiger partial charge in [-0.25, -0.2) is 0 Å². The molecule has 2 aromatic carbocycles. The standard InChI is InChI=1S/C17H18N2O3/c1-11-7-8-12(2)14(9-11)19-17(21)13-5-3-4-6-15(13)22-10-16(18)20/h3-9H,10H2,1-2H3,(H2,18,20)(H,19,21). The maximum Gasteiger partial charge on any atom is 0.259 e. The SMILES string of the molecule is Cc1ccc(C)c(NC(=O)c2ccccc2OCC(N)=O)c1. The second-order valence-corrected chi connectivity index (χ2v) is 5.02. The normalized spacial score (nSPS) is 10.1. The Hall–Kier alpha value is -2.82. The van der Waals surface area contributed by atoms with Crippen LogP contribution in [0.5, 0.6) is 5.75 Å². The molecule has 0 atom stereocenters. The molecule has 2 amide bonds. The van der Waals surface area contributed by atoms with Gasteiger partial charge in [0.2, 0.25) is 0 Å². The third kappa shape index (κ3) is 3.85. The lowest BCUT2D eigenvalue weighted by molar-refractivity contribution is -0.119. The molecule has 0 bridgehead atoms. The molecule has 0 saturated heterocycles. The molecule has 0 spiro atoms. The second-order valence-electron chi connectivity index (χ2n) is 5.02. The highest BCUT2D eigenvalue weighted by Crippen LogP contribution is 2.22. The van der Waals surface area contributed by atoms with Gasteiger partial charge in [-0.15, -0.1) is 0 Å². The van der Waals surface area contributed by atoms with Crippen LogP contribution in [0, 0.1) is 13.8 Å². The van der Waals surface area contributed by atoms with Crippen molar-refractivity contribution < 1.29 is 14.3 Å². The van der Waals surface area contributed by atoms with Crippen molar-refractivity contribution in [2.24, 2.45) is 5.73 Å². The van der Waals surface area contributed by atoms with E-state index in [0.29, 0.717) is 11.3 Å². The number of nitrogens with two attached hydrogens (primary N) is 1. The van der Waals surface area contributed by atoms with Crippen LogP contribution in [-0.2, 0) is 4.79 Å². The molecule has 0 aliphatic carbocycles. The van der Waals surface area contributed by atoms with Crippen molar-refractivity contribution in [1.29, 1.82) is 0 Å². The molecule has 0 aliphatic rings. The summed E-state index contributed by atoms with van der Waals surface area (Å²) in [5.41, 5.74) is 8.18. The van der Waals surface area contributed by atoms with Gasteiger partial charge in [0.05, 0.1) is 5.56 Å². The molecule has 114 valence electrons. The second kappa shape index (κ2) is 6.76. The fourth-order valence-corrected chi connectivity index (χ4v) is 1.99. The summed E-state index contributed by atoms with van der Waals surface area (Å²) in [6, 6.07) is 12.5. The van der Waals surface area contributed by atoms with Gasteiger partial charge >= 0.3 is 0 Å². The predicted octanol–water partition coefficient (Wildman–Crippen LogP) is 2.42. The topological polar surface area (TPSA) is 81.4 Å². The van der Waals surface area contributed by atoms with E-state index >= 15 is 0 Å². The highest BCUT2D eigenvalue weighted by Gasteiger charge is 2.14. The summed E-state index contributed by atoms with van der Waals surface area (Å²) in [6.45, 7) is 3.61. The molecule has 0 unspecified atom stereocenters. The quantitative estimate of drug-likeness (QED) is 0.889. The number of primary amides is 1. The molecule has 5 heteroatoms. The highest BCUT2D eigenvalue weighted by atomic mass is 16.5. The first-order valence-corrected chi connectivity index (χ1v) is 6.86. The highest BCUT2D eigenvalue weighted by molar-refractivity contribution is 6.06. The number of amides is 2. The number of hydrogen-bond donors (Lipinski definition) is 2. The number of ether oxygens (including phenoxy) is 1. The zero-order valence-electron chi connectivity index (χ0n) is 12.6. The van der Waals surface area contributed by atoms with E-state index in [9.17, 15) is 9.59 Å². The summed E-state index contributed by atoms with van der Waals surface area (Å²) in [4.78, 5) is 23.3. The van der Waals surface area contributed by atoms with Crippen LogP contribution in [0.25, 0.3) is 0 Å². The van der Waals surface area contributed by atoms with Crippen LogP contribution >= 0.6 is 0 Å². The number of para-hydroxylation sites is 1. The molecule has 0 radical (unpaired) electrons. The van der Waals surface area contributed by atoms with E-state index in [-0.39, 0.29) is 12.5 Å². The first-order valence-electron chi connectivity index (χ1n) is 6.86. The van der Waals surface area contributed by atoms with Crippen LogP contribution < -0.4 is 15.8 Å². The summed E-state index contributed by atoms with van der Waals surface area (Å²) in [7, 11) is 0. The Morgan fingerprint density at radius 2 is 1.86 bits per heavy atom. The predicted molar refractivity (Wildman–Crippen MR) is 85.0 cm³/mol. The minimum Gasteiger partial charge on any atom is -0.483 e. The van der Waals surface area contributed by atoms with E-state index in [1.165, 1.54) is 0 Å². The van der Waals surface area contributed by atoms with Gasteiger partial charge in [0, 0.05) is 5.69 Å². The van der Waals surface area contributed by atoms with E-state index in [2.05, 4.69) is 5.32 Å². The lowest BCUT2D eigenvalue weighted by atomic mass is 10.1. The molecule has 0 aromatic heterocycles. The first kappa shape index (κ1) is 15.6. The van der Waals surface area contributed by atoms with Crippen LogP contribution in [0.2, 0.25) is 0 Å². The van der Waals surface area contributed by atoms with Gasteiger partial charge in [-0.2, -0.15) is 0 Å². The number of rotatable bonds is 5. The van der Waals surface area contributed by atoms with Crippen LogP contribution in [0.3, 0.4) is 0 Å². The monoisotopic (exact) mass is 298 g/mol. The maximum atomic E-state index is 12.4. The van der Waals surface area contributed by atoms with Gasteiger partial charge in [0.15, 0.2) is 6.61 Å². The molecule has 3 N–H and O–H groups in total. The Balaban J connectivity index is 2.22. The van der Waals surface area contributed by atoms with Crippen molar-refractivity contribution in [2.45, 2.75) is 13.8 Å². The minimum absolute atomic E-state index is 0.270. The number of anilines is 1. The zero-order chi connectivity index (χ0) is 16.1. The molecule has 2 aromatic rings. The minimum atomic E-state index is -0.593. The molecule has 0 aliphatic heterocycles. The summed E-state index contributed by atoms with van der Waals surface area (Å²) in [5, 5.41) is 2.86. The Morgan fingerprint density at radius 3 is 2.59 bits per heavy atom. The summed E-state index contributed by atoms with van der Waals surface area (Å²) >= 11 is 0. The van der Waals surface area contributed by atoms with E-state index in [1.807, 2.05) is 32.0 Å². The molecule has 0 saturated carbocycles. The lowest BCUT2D eigenvalue weighted by Crippen LogP contribution is -2.21. The average molecular weight is 298 g/mol. The molecule has 5 nitrogen and oxygen atoms in total. The fraction of sp³-hybridized carbons (Fsp3) is 0.176. The molecular weight excluding hydrogens is 280 g/mol. The summed E-state index contributed by atoms with van der Waals surface area (Å²) in [6.07, 6.45) is 0. The fourth-order valence-electron chi connectivity index (χ4n) is 1.99. The van der Waals surface area contributed by atoms with Gasteiger partial charge in [-0.3, -0.25) is 9.59 Å².